The predicted molar refractivity (Wildman–Crippen MR) is 105 cm³/mol. The van der Waals surface area contributed by atoms with E-state index in [9.17, 15) is 14.7 Å². The molecule has 5 heteroatoms. The van der Waals surface area contributed by atoms with Gasteiger partial charge in [-0.2, -0.15) is 0 Å². The Hall–Kier alpha value is -3.08. The normalized spacial score (nSPS) is 14.7. The van der Waals surface area contributed by atoms with E-state index in [1.807, 2.05) is 38.1 Å². The van der Waals surface area contributed by atoms with E-state index < -0.39 is 5.97 Å². The number of carbonyl (C=O) groups is 2. The Kier molecular flexibility index (Phi) is 5.04. The highest BCUT2D eigenvalue weighted by atomic mass is 16.5. The van der Waals surface area contributed by atoms with Gasteiger partial charge in [-0.05, 0) is 36.1 Å². The van der Waals surface area contributed by atoms with Crippen LogP contribution in [0, 0.1) is 12.8 Å². The summed E-state index contributed by atoms with van der Waals surface area (Å²) in [6, 6.07) is 7.53. The number of esters is 1. The largest absolute Gasteiger partial charge is 0.494 e. The van der Waals surface area contributed by atoms with Gasteiger partial charge in [0.1, 0.15) is 0 Å². The summed E-state index contributed by atoms with van der Waals surface area (Å²) in [7, 11) is 1.30. The highest BCUT2D eigenvalue weighted by molar-refractivity contribution is 6.33. The first-order valence-corrected chi connectivity index (χ1v) is 8.89. The molecule has 0 amide bonds. The molecular weight excluding hydrogens is 342 g/mol. The minimum absolute atomic E-state index is 0.0334. The first kappa shape index (κ1) is 18.7. The fraction of sp³-hybridized carbons (Fsp3) is 0.273. The molecule has 0 radical (unpaired) electrons. The van der Waals surface area contributed by atoms with Crippen LogP contribution < -0.4 is 0 Å². The molecule has 2 aromatic rings. The number of aromatic hydroxyl groups is 1. The highest BCUT2D eigenvalue weighted by Gasteiger charge is 2.27. The van der Waals surface area contributed by atoms with Crippen LogP contribution in [0.2, 0.25) is 0 Å². The number of allylic oxidation sites excluding steroid dienone is 2. The number of hydrogen-bond donors (Lipinski definition) is 1. The summed E-state index contributed by atoms with van der Waals surface area (Å²) in [4.78, 5) is 24.9. The maximum Gasteiger partial charge on any atom is 0.340 e. The maximum absolute atomic E-state index is 12.5. The molecule has 0 fully saturated rings. The average molecular weight is 365 g/mol. The quantitative estimate of drug-likeness (QED) is 0.655. The number of nitrogens with zero attached hydrogens (tertiary/aromatic N) is 1. The lowest BCUT2D eigenvalue weighted by Gasteiger charge is -2.13. The van der Waals surface area contributed by atoms with Crippen LogP contribution in [0.1, 0.15) is 46.6 Å². The molecule has 0 saturated heterocycles. The highest BCUT2D eigenvalue weighted by Crippen LogP contribution is 2.35. The molecule has 27 heavy (non-hydrogen) atoms. The molecule has 1 aliphatic carbocycles. The van der Waals surface area contributed by atoms with Gasteiger partial charge in [-0.25, -0.2) is 4.79 Å². The smallest absolute Gasteiger partial charge is 0.340 e. The first-order valence-electron chi connectivity index (χ1n) is 8.89. The Morgan fingerprint density at radius 1 is 1.26 bits per heavy atom. The molecule has 0 aliphatic heterocycles. The second kappa shape index (κ2) is 7.27. The van der Waals surface area contributed by atoms with Crippen LogP contribution in [0.5, 0.6) is 5.88 Å². The van der Waals surface area contributed by atoms with Crippen molar-refractivity contribution in [3.63, 3.8) is 0 Å². The van der Waals surface area contributed by atoms with Gasteiger partial charge < -0.3 is 14.4 Å². The van der Waals surface area contributed by atoms with Gasteiger partial charge in [-0.15, -0.1) is 0 Å². The second-order valence-corrected chi connectivity index (χ2v) is 7.04. The molecule has 0 unspecified atom stereocenters. The molecule has 0 saturated carbocycles. The lowest BCUT2D eigenvalue weighted by Crippen LogP contribution is -2.08. The summed E-state index contributed by atoms with van der Waals surface area (Å²) in [5.41, 5.74) is 3.34. The standard InChI is InChI=1S/C22H23NO4/c1-13(2)12-23-14(3)20(22(26)27-4)18(21(23)25)11-17-16-8-6-5-7-15(16)9-10-19(17)24/h5-11,13,25H,12H2,1-4H3. The number of fused-ring (bicyclic) bond motifs is 1. The summed E-state index contributed by atoms with van der Waals surface area (Å²) in [5.74, 6) is -0.468. The number of carbonyl (C=O) groups excluding carboxylic acids is 2. The molecule has 140 valence electrons. The number of benzene rings is 1. The lowest BCUT2D eigenvalue weighted by molar-refractivity contribution is -0.109. The number of ketones is 1. The third-order valence-corrected chi connectivity index (χ3v) is 4.69. The molecule has 1 N–H and O–H groups in total. The van der Waals surface area contributed by atoms with Crippen LogP contribution in [0.15, 0.2) is 30.3 Å². The number of aromatic nitrogens is 1. The molecule has 1 aromatic carbocycles. The van der Waals surface area contributed by atoms with E-state index in [1.165, 1.54) is 13.2 Å². The van der Waals surface area contributed by atoms with E-state index in [0.29, 0.717) is 23.4 Å². The van der Waals surface area contributed by atoms with Crippen molar-refractivity contribution in [3.05, 3.63) is 58.3 Å². The summed E-state index contributed by atoms with van der Waals surface area (Å²) in [6.45, 7) is 6.38. The van der Waals surface area contributed by atoms with E-state index in [0.717, 1.165) is 11.1 Å². The number of hydrogen-bond acceptors (Lipinski definition) is 4. The van der Waals surface area contributed by atoms with Gasteiger partial charge in [0.2, 0.25) is 0 Å². The van der Waals surface area contributed by atoms with E-state index in [1.54, 1.807) is 23.6 Å². The molecule has 1 heterocycles. The summed E-state index contributed by atoms with van der Waals surface area (Å²) >= 11 is 0. The zero-order valence-corrected chi connectivity index (χ0v) is 15.9. The van der Waals surface area contributed by atoms with Gasteiger partial charge in [0.25, 0.3) is 0 Å². The Morgan fingerprint density at radius 3 is 2.63 bits per heavy atom. The Bertz CT molecular complexity index is 976. The summed E-state index contributed by atoms with van der Waals surface area (Å²) < 4.78 is 6.62. The maximum atomic E-state index is 12.5. The van der Waals surface area contributed by atoms with E-state index in [4.69, 9.17) is 4.74 Å². The Morgan fingerprint density at radius 2 is 1.96 bits per heavy atom. The predicted octanol–water partition coefficient (Wildman–Crippen LogP) is 4.08. The molecular formula is C22H23NO4. The fourth-order valence-electron chi connectivity index (χ4n) is 3.40. The van der Waals surface area contributed by atoms with Crippen molar-refractivity contribution >= 4 is 29.5 Å². The van der Waals surface area contributed by atoms with Crippen LogP contribution in [0.3, 0.4) is 0 Å². The van der Waals surface area contributed by atoms with E-state index in [-0.39, 0.29) is 23.1 Å². The van der Waals surface area contributed by atoms with Crippen LogP contribution in [-0.2, 0) is 16.1 Å². The third kappa shape index (κ3) is 3.33. The fourth-order valence-corrected chi connectivity index (χ4v) is 3.40. The van der Waals surface area contributed by atoms with Crippen molar-refractivity contribution < 1.29 is 19.4 Å². The lowest BCUT2D eigenvalue weighted by atomic mass is 9.90. The van der Waals surface area contributed by atoms with Gasteiger partial charge in [-0.1, -0.05) is 44.2 Å². The molecule has 3 rings (SSSR count). The summed E-state index contributed by atoms with van der Waals surface area (Å²) in [5, 5.41) is 10.8. The zero-order chi connectivity index (χ0) is 19.7. The van der Waals surface area contributed by atoms with E-state index >= 15 is 0 Å². The van der Waals surface area contributed by atoms with Crippen molar-refractivity contribution in [1.82, 2.24) is 4.57 Å². The molecule has 0 bridgehead atoms. The van der Waals surface area contributed by atoms with Gasteiger partial charge >= 0.3 is 5.97 Å². The topological polar surface area (TPSA) is 68.5 Å². The van der Waals surface area contributed by atoms with Crippen molar-refractivity contribution in [3.8, 4) is 5.88 Å². The van der Waals surface area contributed by atoms with Crippen molar-refractivity contribution in [2.75, 3.05) is 7.11 Å². The monoisotopic (exact) mass is 365 g/mol. The van der Waals surface area contributed by atoms with Gasteiger partial charge in [-0.3, -0.25) is 4.79 Å². The second-order valence-electron chi connectivity index (χ2n) is 7.04. The average Bonchev–Trinajstić information content (AvgIpc) is 2.87. The number of ether oxygens (including phenoxy) is 1. The van der Waals surface area contributed by atoms with Gasteiger partial charge in [0.15, 0.2) is 11.7 Å². The SMILES string of the molecule is COC(=O)c1c(C=C2C(=O)C=Cc3ccccc32)c(O)n(CC(C)C)c1C. The summed E-state index contributed by atoms with van der Waals surface area (Å²) in [6.07, 6.45) is 4.86. The van der Waals surface area contributed by atoms with Crippen molar-refractivity contribution in [2.24, 2.45) is 5.92 Å². The van der Waals surface area contributed by atoms with E-state index in [2.05, 4.69) is 0 Å². The molecule has 5 nitrogen and oxygen atoms in total. The van der Waals surface area contributed by atoms with Crippen LogP contribution in [0.4, 0.5) is 0 Å². The molecule has 0 atom stereocenters. The van der Waals surface area contributed by atoms with Gasteiger partial charge in [0, 0.05) is 17.8 Å². The zero-order valence-electron chi connectivity index (χ0n) is 15.9. The van der Waals surface area contributed by atoms with Crippen LogP contribution in [0.25, 0.3) is 17.7 Å². The molecule has 1 aromatic heterocycles. The third-order valence-electron chi connectivity index (χ3n) is 4.69. The first-order chi connectivity index (χ1) is 12.8. The Labute approximate surface area is 158 Å². The minimum Gasteiger partial charge on any atom is -0.494 e. The van der Waals surface area contributed by atoms with Crippen LogP contribution >= 0.6 is 0 Å². The molecule has 0 spiro atoms. The Balaban J connectivity index is 2.25. The minimum atomic E-state index is -0.538. The van der Waals surface area contributed by atoms with Gasteiger partial charge in [0.05, 0.1) is 18.2 Å². The number of methoxy groups -OCH3 is 1. The number of rotatable bonds is 4. The molecule has 1 aliphatic rings. The van der Waals surface area contributed by atoms with Crippen molar-refractivity contribution in [2.45, 2.75) is 27.3 Å². The van der Waals surface area contributed by atoms with Crippen molar-refractivity contribution in [1.29, 1.82) is 0 Å². The van der Waals surface area contributed by atoms with Crippen LogP contribution in [-0.4, -0.2) is 28.5 Å².